The van der Waals surface area contributed by atoms with E-state index in [0.717, 1.165) is 17.0 Å². The summed E-state index contributed by atoms with van der Waals surface area (Å²) < 4.78 is 14.9. The van der Waals surface area contributed by atoms with Crippen molar-refractivity contribution in [2.24, 2.45) is 5.92 Å². The molecule has 0 spiro atoms. The average Bonchev–Trinajstić information content (AvgIpc) is 2.74. The summed E-state index contributed by atoms with van der Waals surface area (Å²) in [5.41, 5.74) is 4.39. The first-order valence-corrected chi connectivity index (χ1v) is 11.1. The van der Waals surface area contributed by atoms with Crippen molar-refractivity contribution in [3.63, 3.8) is 0 Å². The van der Waals surface area contributed by atoms with Crippen LogP contribution in [0.3, 0.4) is 0 Å². The van der Waals surface area contributed by atoms with E-state index in [4.69, 9.17) is 0 Å². The summed E-state index contributed by atoms with van der Waals surface area (Å²) in [6.07, 6.45) is 13.0. The molecule has 0 atom stereocenters. The summed E-state index contributed by atoms with van der Waals surface area (Å²) in [5.74, 6) is 2.08. The van der Waals surface area contributed by atoms with Crippen molar-refractivity contribution in [3.8, 4) is 11.1 Å². The Morgan fingerprint density at radius 1 is 0.741 bits per heavy atom. The molecular weight excluding hydrogens is 331 g/mol. The van der Waals surface area contributed by atoms with Gasteiger partial charge >= 0.3 is 0 Å². The third kappa shape index (κ3) is 4.28. The van der Waals surface area contributed by atoms with Crippen molar-refractivity contribution in [3.05, 3.63) is 59.4 Å². The minimum absolute atomic E-state index is 0.0597. The maximum Gasteiger partial charge on any atom is 0.131 e. The highest BCUT2D eigenvalue weighted by Gasteiger charge is 2.22. The molecule has 2 aliphatic carbocycles. The zero-order valence-corrected chi connectivity index (χ0v) is 16.7. The average molecular weight is 365 g/mol. The van der Waals surface area contributed by atoms with Gasteiger partial charge in [-0.05, 0) is 79.0 Å². The summed E-state index contributed by atoms with van der Waals surface area (Å²) in [5, 5.41) is 0. The Balaban J connectivity index is 1.47. The first-order chi connectivity index (χ1) is 13.2. The van der Waals surface area contributed by atoms with E-state index in [1.54, 1.807) is 6.07 Å². The molecule has 1 heteroatoms. The van der Waals surface area contributed by atoms with E-state index in [1.165, 1.54) is 75.3 Å². The van der Waals surface area contributed by atoms with Crippen LogP contribution in [0.5, 0.6) is 0 Å². The Kier molecular flexibility index (Phi) is 5.95. The van der Waals surface area contributed by atoms with Gasteiger partial charge in [-0.1, -0.05) is 69.0 Å². The molecule has 2 aromatic carbocycles. The second-order valence-corrected chi connectivity index (χ2v) is 8.82. The van der Waals surface area contributed by atoms with Crippen molar-refractivity contribution in [2.75, 3.05) is 0 Å². The van der Waals surface area contributed by atoms with E-state index >= 15 is 0 Å². The number of halogens is 1. The first kappa shape index (κ1) is 18.7. The Labute approximate surface area is 164 Å². The molecule has 0 aliphatic heterocycles. The molecule has 0 N–H and O–H groups in total. The van der Waals surface area contributed by atoms with Gasteiger partial charge in [-0.15, -0.1) is 0 Å². The van der Waals surface area contributed by atoms with Gasteiger partial charge < -0.3 is 0 Å². The van der Waals surface area contributed by atoms with E-state index in [1.807, 2.05) is 6.07 Å². The van der Waals surface area contributed by atoms with Gasteiger partial charge in [-0.2, -0.15) is 0 Å². The van der Waals surface area contributed by atoms with Crippen LogP contribution in [0.15, 0.2) is 42.5 Å². The van der Waals surface area contributed by atoms with Gasteiger partial charge in [0.1, 0.15) is 5.82 Å². The quantitative estimate of drug-likeness (QED) is 0.512. The van der Waals surface area contributed by atoms with Crippen LogP contribution in [0.4, 0.5) is 4.39 Å². The fraction of sp³-hybridized carbons (Fsp3) is 0.538. The summed E-state index contributed by atoms with van der Waals surface area (Å²) in [6, 6.07) is 14.7. The van der Waals surface area contributed by atoms with Crippen LogP contribution in [-0.4, -0.2) is 0 Å². The van der Waals surface area contributed by atoms with Gasteiger partial charge in [0.25, 0.3) is 0 Å². The Morgan fingerprint density at radius 2 is 1.37 bits per heavy atom. The normalized spacial score (nSPS) is 24.1. The van der Waals surface area contributed by atoms with Gasteiger partial charge in [-0.25, -0.2) is 4.39 Å². The standard InChI is InChI=1S/C26H33F/c1-2-19-8-10-22(11-9-19)24-16-17-25(26(27)18-24)23-14-12-21(13-15-23)20-6-4-3-5-7-20/h12-20,22H,2-11H2,1H3. The van der Waals surface area contributed by atoms with Crippen molar-refractivity contribution >= 4 is 0 Å². The van der Waals surface area contributed by atoms with Gasteiger partial charge in [-0.3, -0.25) is 0 Å². The maximum atomic E-state index is 14.9. The van der Waals surface area contributed by atoms with Crippen molar-refractivity contribution in [1.82, 2.24) is 0 Å². The third-order valence-electron chi connectivity index (χ3n) is 7.19. The highest BCUT2D eigenvalue weighted by Crippen LogP contribution is 2.38. The van der Waals surface area contributed by atoms with E-state index in [2.05, 4.69) is 37.3 Å². The van der Waals surface area contributed by atoms with Crippen LogP contribution < -0.4 is 0 Å². The zero-order chi connectivity index (χ0) is 18.6. The Hall–Kier alpha value is -1.63. The van der Waals surface area contributed by atoms with Crippen molar-refractivity contribution < 1.29 is 4.39 Å². The Bertz CT molecular complexity index is 731. The molecule has 0 aromatic heterocycles. The molecule has 4 rings (SSSR count). The van der Waals surface area contributed by atoms with E-state index in [9.17, 15) is 4.39 Å². The predicted molar refractivity (Wildman–Crippen MR) is 113 cm³/mol. The molecule has 2 aliphatic rings. The van der Waals surface area contributed by atoms with Crippen LogP contribution in [0, 0.1) is 11.7 Å². The molecular formula is C26H33F. The van der Waals surface area contributed by atoms with Gasteiger partial charge in [0.2, 0.25) is 0 Å². The molecule has 0 unspecified atom stereocenters. The van der Waals surface area contributed by atoms with Gasteiger partial charge in [0.05, 0.1) is 0 Å². The predicted octanol–water partition coefficient (Wildman–Crippen LogP) is 8.22. The van der Waals surface area contributed by atoms with Gasteiger partial charge in [0, 0.05) is 5.56 Å². The van der Waals surface area contributed by atoms with Crippen LogP contribution >= 0.6 is 0 Å². The lowest BCUT2D eigenvalue weighted by Gasteiger charge is -2.28. The summed E-state index contributed by atoms with van der Waals surface area (Å²) in [6.45, 7) is 2.29. The van der Waals surface area contributed by atoms with Crippen LogP contribution in [0.1, 0.15) is 94.1 Å². The molecule has 0 radical (unpaired) electrons. The highest BCUT2D eigenvalue weighted by atomic mass is 19.1. The molecule has 2 fully saturated rings. The molecule has 0 amide bonds. The lowest BCUT2D eigenvalue weighted by Crippen LogP contribution is -2.12. The number of benzene rings is 2. The number of hydrogen-bond donors (Lipinski definition) is 0. The van der Waals surface area contributed by atoms with E-state index in [-0.39, 0.29) is 5.82 Å². The van der Waals surface area contributed by atoms with Crippen LogP contribution in [0.25, 0.3) is 11.1 Å². The molecule has 27 heavy (non-hydrogen) atoms. The second kappa shape index (κ2) is 8.59. The fourth-order valence-electron chi connectivity index (χ4n) is 5.29. The zero-order valence-electron chi connectivity index (χ0n) is 16.7. The molecule has 0 heterocycles. The van der Waals surface area contributed by atoms with Crippen LogP contribution in [-0.2, 0) is 0 Å². The minimum Gasteiger partial charge on any atom is -0.206 e. The lowest BCUT2D eigenvalue weighted by molar-refractivity contribution is 0.318. The maximum absolute atomic E-state index is 14.9. The largest absolute Gasteiger partial charge is 0.206 e. The first-order valence-electron chi connectivity index (χ1n) is 11.1. The number of rotatable bonds is 4. The fourth-order valence-corrected chi connectivity index (χ4v) is 5.29. The third-order valence-corrected chi connectivity index (χ3v) is 7.19. The molecule has 0 nitrogen and oxygen atoms in total. The molecule has 2 aromatic rings. The molecule has 0 bridgehead atoms. The lowest BCUT2D eigenvalue weighted by atomic mass is 9.77. The summed E-state index contributed by atoms with van der Waals surface area (Å²) in [4.78, 5) is 0. The highest BCUT2D eigenvalue weighted by molar-refractivity contribution is 5.65. The molecule has 0 saturated heterocycles. The minimum atomic E-state index is -0.0597. The van der Waals surface area contributed by atoms with E-state index in [0.29, 0.717) is 11.8 Å². The second-order valence-electron chi connectivity index (χ2n) is 8.82. The number of hydrogen-bond acceptors (Lipinski definition) is 0. The smallest absolute Gasteiger partial charge is 0.131 e. The SMILES string of the molecule is CCC1CCC(c2ccc(-c3ccc(C4CCCCC4)cc3)c(F)c2)CC1. The Morgan fingerprint density at radius 3 is 2.00 bits per heavy atom. The summed E-state index contributed by atoms with van der Waals surface area (Å²) >= 11 is 0. The molecule has 2 saturated carbocycles. The monoisotopic (exact) mass is 364 g/mol. The van der Waals surface area contributed by atoms with E-state index < -0.39 is 0 Å². The van der Waals surface area contributed by atoms with Gasteiger partial charge in [0.15, 0.2) is 0 Å². The van der Waals surface area contributed by atoms with Crippen molar-refractivity contribution in [2.45, 2.75) is 83.0 Å². The van der Waals surface area contributed by atoms with Crippen LogP contribution in [0.2, 0.25) is 0 Å². The summed E-state index contributed by atoms with van der Waals surface area (Å²) in [7, 11) is 0. The topological polar surface area (TPSA) is 0 Å². The van der Waals surface area contributed by atoms with Crippen molar-refractivity contribution in [1.29, 1.82) is 0 Å². The molecule has 144 valence electrons.